The summed E-state index contributed by atoms with van der Waals surface area (Å²) in [6.45, 7) is 13.0. The number of hydrogen-bond acceptors (Lipinski definition) is 7. The molecule has 2 aliphatic heterocycles. The second-order valence-corrected chi connectivity index (χ2v) is 11.4. The number of thioether (sulfide) groups is 1. The maximum Gasteiger partial charge on any atom is 0.446 e. The number of imide groups is 1. The molecule has 2 aromatic rings. The van der Waals surface area contributed by atoms with Gasteiger partial charge < -0.3 is 20.0 Å². The molecule has 0 unspecified atom stereocenters. The standard InChI is InChI=1S/C27H35F3N6O2S/c1-4-33-14-16-34(17-15-33)13-5-11-31-23-18-20(10-12-32-23)19-35-25(38)36(24(37)26(35,2)3)21-6-8-22(9-7-21)39-27(28,29)30/h6-10,12,18H,4-5,11,13-17,19H2,1-3H3,(H,31,32). The lowest BCUT2D eigenvalue weighted by Crippen LogP contribution is -2.46. The molecule has 3 heterocycles. The highest BCUT2D eigenvalue weighted by Gasteiger charge is 2.51. The van der Waals surface area contributed by atoms with E-state index in [2.05, 4.69) is 27.0 Å². The largest absolute Gasteiger partial charge is 0.446 e. The lowest BCUT2D eigenvalue weighted by Gasteiger charge is -2.34. The van der Waals surface area contributed by atoms with E-state index in [1.807, 2.05) is 6.07 Å². The van der Waals surface area contributed by atoms with Crippen molar-refractivity contribution in [3.8, 4) is 0 Å². The molecule has 0 spiro atoms. The molecule has 0 saturated carbocycles. The molecule has 0 bridgehead atoms. The first-order valence-corrected chi connectivity index (χ1v) is 13.9. The molecule has 0 atom stereocenters. The normalized spacial score (nSPS) is 18.7. The minimum atomic E-state index is -4.41. The van der Waals surface area contributed by atoms with Gasteiger partial charge in [0.25, 0.3) is 5.91 Å². The summed E-state index contributed by atoms with van der Waals surface area (Å²) in [5.41, 5.74) is -4.49. The van der Waals surface area contributed by atoms with E-state index in [0.29, 0.717) is 5.82 Å². The van der Waals surface area contributed by atoms with Gasteiger partial charge in [-0.3, -0.25) is 4.79 Å². The Morgan fingerprint density at radius 3 is 2.33 bits per heavy atom. The predicted octanol–water partition coefficient (Wildman–Crippen LogP) is 4.88. The number of urea groups is 1. The van der Waals surface area contributed by atoms with E-state index in [1.165, 1.54) is 29.2 Å². The molecule has 12 heteroatoms. The third-order valence-corrected chi connectivity index (χ3v) is 7.93. The number of alkyl halides is 3. The number of piperazine rings is 1. The number of hydrogen-bond donors (Lipinski definition) is 1. The Labute approximate surface area is 231 Å². The average Bonchev–Trinajstić information content (AvgIpc) is 3.06. The van der Waals surface area contributed by atoms with Gasteiger partial charge in [-0.25, -0.2) is 14.7 Å². The van der Waals surface area contributed by atoms with Crippen molar-refractivity contribution in [2.45, 2.75) is 49.7 Å². The molecule has 1 aromatic heterocycles. The van der Waals surface area contributed by atoms with Gasteiger partial charge in [0.05, 0.1) is 5.69 Å². The van der Waals surface area contributed by atoms with Crippen LogP contribution in [0.3, 0.4) is 0 Å². The van der Waals surface area contributed by atoms with E-state index in [0.717, 1.165) is 62.7 Å². The van der Waals surface area contributed by atoms with Crippen molar-refractivity contribution in [3.63, 3.8) is 0 Å². The van der Waals surface area contributed by atoms with Crippen LogP contribution in [0.4, 0.5) is 29.5 Å². The summed E-state index contributed by atoms with van der Waals surface area (Å²) in [6.07, 6.45) is 2.66. The van der Waals surface area contributed by atoms with E-state index in [9.17, 15) is 22.8 Å². The summed E-state index contributed by atoms with van der Waals surface area (Å²) < 4.78 is 38.0. The second kappa shape index (κ2) is 12.1. The van der Waals surface area contributed by atoms with Crippen molar-refractivity contribution in [1.29, 1.82) is 0 Å². The number of rotatable bonds is 10. The third-order valence-electron chi connectivity index (χ3n) is 7.19. The zero-order valence-corrected chi connectivity index (χ0v) is 23.3. The molecule has 1 aromatic carbocycles. The highest BCUT2D eigenvalue weighted by Crippen LogP contribution is 2.39. The Morgan fingerprint density at radius 1 is 1.03 bits per heavy atom. The van der Waals surface area contributed by atoms with Crippen molar-refractivity contribution >= 4 is 35.2 Å². The maximum absolute atomic E-state index is 13.3. The van der Waals surface area contributed by atoms with Gasteiger partial charge in [-0.15, -0.1) is 0 Å². The summed E-state index contributed by atoms with van der Waals surface area (Å²) in [7, 11) is 0. The van der Waals surface area contributed by atoms with Gasteiger partial charge in [0.2, 0.25) is 0 Å². The number of halogens is 3. The van der Waals surface area contributed by atoms with E-state index >= 15 is 0 Å². The molecule has 0 radical (unpaired) electrons. The van der Waals surface area contributed by atoms with Crippen LogP contribution in [0.15, 0.2) is 47.5 Å². The van der Waals surface area contributed by atoms with Gasteiger partial charge in [-0.1, -0.05) is 6.92 Å². The third kappa shape index (κ3) is 7.23. The van der Waals surface area contributed by atoms with E-state index < -0.39 is 23.0 Å². The Morgan fingerprint density at radius 2 is 1.69 bits per heavy atom. The molecule has 212 valence electrons. The maximum atomic E-state index is 13.3. The van der Waals surface area contributed by atoms with Gasteiger partial charge in [-0.2, -0.15) is 13.2 Å². The van der Waals surface area contributed by atoms with E-state index in [1.54, 1.807) is 26.1 Å². The number of anilines is 2. The molecular weight excluding hydrogens is 529 g/mol. The summed E-state index contributed by atoms with van der Waals surface area (Å²) in [6, 6.07) is 8.41. The Hall–Kier alpha value is -2.83. The number of nitrogens with zero attached hydrogens (tertiary/aromatic N) is 5. The minimum absolute atomic E-state index is 0.0163. The van der Waals surface area contributed by atoms with Crippen LogP contribution in [0.25, 0.3) is 0 Å². The lowest BCUT2D eigenvalue weighted by atomic mass is 10.0. The second-order valence-electron chi connectivity index (χ2n) is 10.2. The lowest BCUT2D eigenvalue weighted by molar-refractivity contribution is -0.123. The predicted molar refractivity (Wildman–Crippen MR) is 147 cm³/mol. The van der Waals surface area contributed by atoms with Crippen molar-refractivity contribution in [3.05, 3.63) is 48.2 Å². The molecule has 2 saturated heterocycles. The first-order chi connectivity index (χ1) is 18.5. The van der Waals surface area contributed by atoms with Crippen LogP contribution in [0.5, 0.6) is 0 Å². The first kappa shape index (κ1) is 29.2. The van der Waals surface area contributed by atoms with Gasteiger partial charge >= 0.3 is 11.5 Å². The molecule has 8 nitrogen and oxygen atoms in total. The Bertz CT molecular complexity index is 1150. The fourth-order valence-corrected chi connectivity index (χ4v) is 5.37. The zero-order valence-electron chi connectivity index (χ0n) is 22.5. The van der Waals surface area contributed by atoms with Crippen LogP contribution < -0.4 is 10.2 Å². The monoisotopic (exact) mass is 564 g/mol. The Balaban J connectivity index is 1.35. The zero-order chi connectivity index (χ0) is 28.2. The molecule has 2 fully saturated rings. The molecule has 1 N–H and O–H groups in total. The first-order valence-electron chi connectivity index (χ1n) is 13.1. The molecule has 2 aliphatic rings. The molecule has 3 amide bonds. The van der Waals surface area contributed by atoms with Crippen LogP contribution in [0.2, 0.25) is 0 Å². The van der Waals surface area contributed by atoms with Gasteiger partial charge in [-0.05, 0) is 87.1 Å². The van der Waals surface area contributed by atoms with E-state index in [-0.39, 0.29) is 28.9 Å². The Kier molecular flexibility index (Phi) is 9.07. The summed E-state index contributed by atoms with van der Waals surface area (Å²) in [5.74, 6) is 0.268. The highest BCUT2D eigenvalue weighted by atomic mass is 32.2. The minimum Gasteiger partial charge on any atom is -0.370 e. The summed E-state index contributed by atoms with van der Waals surface area (Å²) in [4.78, 5) is 38.4. The number of likely N-dealkylation sites (N-methyl/N-ethyl adjacent to an activating group) is 1. The van der Waals surface area contributed by atoms with E-state index in [4.69, 9.17) is 0 Å². The molecule has 0 aliphatic carbocycles. The number of aromatic nitrogens is 1. The fourth-order valence-electron chi connectivity index (χ4n) is 4.83. The van der Waals surface area contributed by atoms with Crippen molar-refractivity contribution in [2.24, 2.45) is 0 Å². The summed E-state index contributed by atoms with van der Waals surface area (Å²) in [5, 5.41) is 3.36. The van der Waals surface area contributed by atoms with Crippen LogP contribution in [0, 0.1) is 0 Å². The van der Waals surface area contributed by atoms with Crippen molar-refractivity contribution in [2.75, 3.05) is 56.0 Å². The van der Waals surface area contributed by atoms with Crippen LogP contribution in [0.1, 0.15) is 32.8 Å². The average molecular weight is 565 g/mol. The number of carbonyl (C=O) groups is 2. The van der Waals surface area contributed by atoms with Crippen molar-refractivity contribution in [1.82, 2.24) is 19.7 Å². The molecular formula is C27H35F3N6O2S. The quantitative estimate of drug-likeness (QED) is 0.251. The van der Waals surface area contributed by atoms with Crippen LogP contribution in [-0.4, -0.2) is 88.5 Å². The summed E-state index contributed by atoms with van der Waals surface area (Å²) >= 11 is -0.243. The van der Waals surface area contributed by atoms with Gasteiger partial charge in [0.15, 0.2) is 0 Å². The van der Waals surface area contributed by atoms with Crippen LogP contribution >= 0.6 is 11.8 Å². The number of pyridine rings is 1. The molecule has 39 heavy (non-hydrogen) atoms. The number of amides is 3. The topological polar surface area (TPSA) is 72.0 Å². The van der Waals surface area contributed by atoms with Gasteiger partial charge in [0, 0.05) is 50.4 Å². The highest BCUT2D eigenvalue weighted by molar-refractivity contribution is 8.00. The van der Waals surface area contributed by atoms with Gasteiger partial charge in [0.1, 0.15) is 11.4 Å². The SMILES string of the molecule is CCN1CCN(CCCNc2cc(CN3C(=O)N(c4ccc(SC(F)(F)F)cc4)C(=O)C3(C)C)ccn2)CC1. The molecule has 4 rings (SSSR count). The van der Waals surface area contributed by atoms with Crippen molar-refractivity contribution < 1.29 is 22.8 Å². The fraction of sp³-hybridized carbons (Fsp3) is 0.519. The number of benzene rings is 1. The smallest absolute Gasteiger partial charge is 0.370 e. The number of carbonyl (C=O) groups excluding carboxylic acids is 2. The number of nitrogens with one attached hydrogen (secondary N) is 1. The van der Waals surface area contributed by atoms with Crippen LogP contribution in [-0.2, 0) is 11.3 Å².